The Labute approximate surface area is 77.4 Å². The molecule has 2 aromatic rings. The molecular weight excluding hydrogens is 190 g/mol. The van der Waals surface area contributed by atoms with Crippen LogP contribution >= 0.6 is 0 Å². The Balaban J connectivity index is 2.86. The van der Waals surface area contributed by atoms with Gasteiger partial charge in [-0.3, -0.25) is 4.79 Å². The van der Waals surface area contributed by atoms with Crippen LogP contribution in [0.1, 0.15) is 5.56 Å². The maximum atomic E-state index is 13.0. The second kappa shape index (κ2) is 3.10. The molecule has 1 aromatic carbocycles. The van der Waals surface area contributed by atoms with Crippen LogP contribution in [-0.4, -0.2) is 16.5 Å². The van der Waals surface area contributed by atoms with Crippen LogP contribution in [0.3, 0.4) is 0 Å². The summed E-state index contributed by atoms with van der Waals surface area (Å²) in [7, 11) is 0. The zero-order chi connectivity index (χ0) is 10.1. The van der Waals surface area contributed by atoms with E-state index < -0.39 is 11.9 Å². The average molecular weight is 193 g/mol. The molecule has 2 rings (SSSR count). The van der Waals surface area contributed by atoms with Gasteiger partial charge in [-0.1, -0.05) is 6.07 Å². The van der Waals surface area contributed by atoms with E-state index in [1.807, 2.05) is 0 Å². The van der Waals surface area contributed by atoms with Gasteiger partial charge in [-0.25, -0.2) is 0 Å². The van der Waals surface area contributed by atoms with E-state index in [-0.39, 0.29) is 16.3 Å². The van der Waals surface area contributed by atoms with Gasteiger partial charge in [-0.2, -0.15) is 8.78 Å². The molecule has 0 aliphatic heterocycles. The van der Waals surface area contributed by atoms with Crippen LogP contribution in [0.15, 0.2) is 18.2 Å². The third-order valence-electron chi connectivity index (χ3n) is 1.81. The van der Waals surface area contributed by atoms with E-state index in [1.54, 1.807) is 6.29 Å². The summed E-state index contributed by atoms with van der Waals surface area (Å²) in [5.74, 6) is -1.77. The molecule has 3 nitrogen and oxygen atoms in total. The smallest absolute Gasteiger partial charge is 0.241 e. The maximum absolute atomic E-state index is 13.0. The van der Waals surface area contributed by atoms with Crippen molar-refractivity contribution in [3.05, 3.63) is 35.7 Å². The number of aromatic nitrogens is 2. The summed E-state index contributed by atoms with van der Waals surface area (Å²) in [6, 6.07) is 3.78. The van der Waals surface area contributed by atoms with E-state index in [9.17, 15) is 13.6 Å². The minimum absolute atomic E-state index is 0.00324. The fourth-order valence-corrected chi connectivity index (χ4v) is 1.15. The van der Waals surface area contributed by atoms with Crippen molar-refractivity contribution in [2.45, 2.75) is 0 Å². The van der Waals surface area contributed by atoms with Crippen LogP contribution in [0.4, 0.5) is 8.78 Å². The first-order valence-electron chi connectivity index (χ1n) is 3.72. The van der Waals surface area contributed by atoms with Gasteiger partial charge < -0.3 is 0 Å². The fourth-order valence-electron chi connectivity index (χ4n) is 1.15. The molecule has 14 heavy (non-hydrogen) atoms. The molecule has 0 saturated heterocycles. The molecule has 0 aliphatic rings. The van der Waals surface area contributed by atoms with Crippen LogP contribution in [-0.2, 0) is 4.79 Å². The van der Waals surface area contributed by atoms with Crippen LogP contribution in [0.2, 0.25) is 0 Å². The molecule has 0 bridgehead atoms. The summed E-state index contributed by atoms with van der Waals surface area (Å²) in [5.41, 5.74) is 0.142. The number of fused-ring (bicyclic) bond motifs is 1. The zero-order valence-electron chi connectivity index (χ0n) is 6.79. The normalized spacial score (nSPS) is 10.4. The predicted molar refractivity (Wildman–Crippen MR) is 44.2 cm³/mol. The van der Waals surface area contributed by atoms with Crippen LogP contribution in [0.25, 0.3) is 10.8 Å². The number of hydrogen-bond acceptors (Lipinski definition) is 3. The Morgan fingerprint density at radius 2 is 1.71 bits per heavy atom. The Bertz CT molecular complexity index is 513. The van der Waals surface area contributed by atoms with Gasteiger partial charge in [0.05, 0.1) is 0 Å². The number of rotatable bonds is 1. The maximum Gasteiger partial charge on any atom is 0.241 e. The van der Waals surface area contributed by atoms with Gasteiger partial charge in [-0.05, 0) is 12.1 Å². The fraction of sp³-hybridized carbons (Fsp3) is 0. The van der Waals surface area contributed by atoms with Crippen molar-refractivity contribution in [2.24, 2.45) is 0 Å². The highest BCUT2D eigenvalue weighted by molar-refractivity contribution is 5.88. The van der Waals surface area contributed by atoms with Crippen molar-refractivity contribution < 1.29 is 13.6 Å². The number of benzene rings is 1. The van der Waals surface area contributed by atoms with Crippen molar-refractivity contribution >= 4 is 17.1 Å². The van der Waals surface area contributed by atoms with Gasteiger partial charge >= 0.3 is 0 Å². The lowest BCUT2D eigenvalue weighted by Crippen LogP contribution is -1.95. The number of carbonyl (C=O) groups excluding carboxylic acids is 1. The van der Waals surface area contributed by atoms with Gasteiger partial charge in [0, 0.05) is 16.3 Å². The molecule has 69 valence electrons. The van der Waals surface area contributed by atoms with Crippen LogP contribution < -0.4 is 0 Å². The second-order valence-electron chi connectivity index (χ2n) is 2.64. The van der Waals surface area contributed by atoms with Crippen molar-refractivity contribution in [1.82, 2.24) is 10.2 Å². The van der Waals surface area contributed by atoms with Crippen molar-refractivity contribution in [1.29, 1.82) is 0 Å². The molecule has 0 spiro atoms. The molecule has 0 aliphatic carbocycles. The summed E-state index contributed by atoms with van der Waals surface area (Å²) in [5, 5.41) is 5.86. The first-order valence-corrected chi connectivity index (χ1v) is 3.72. The van der Waals surface area contributed by atoms with E-state index in [0.717, 1.165) is 0 Å². The molecule has 0 saturated carbocycles. The quantitative estimate of drug-likeness (QED) is 0.686. The first-order chi connectivity index (χ1) is 6.72. The highest BCUT2D eigenvalue weighted by Crippen LogP contribution is 2.18. The minimum Gasteiger partial charge on any atom is -0.285 e. The molecule has 0 amide bonds. The van der Waals surface area contributed by atoms with E-state index in [4.69, 9.17) is 0 Å². The summed E-state index contributed by atoms with van der Waals surface area (Å²) in [6.45, 7) is 0. The summed E-state index contributed by atoms with van der Waals surface area (Å²) in [4.78, 5) is 10.3. The lowest BCUT2D eigenvalue weighted by Gasteiger charge is -1.98. The third kappa shape index (κ3) is 1.22. The summed E-state index contributed by atoms with van der Waals surface area (Å²) >= 11 is 0. The first kappa shape index (κ1) is 8.68. The predicted octanol–water partition coefficient (Wildman–Crippen LogP) is 1.37. The van der Waals surface area contributed by atoms with Gasteiger partial charge in [0.15, 0.2) is 0 Å². The molecule has 0 unspecified atom stereocenters. The largest absolute Gasteiger partial charge is 0.285 e. The van der Waals surface area contributed by atoms with Gasteiger partial charge in [0.1, 0.15) is 0 Å². The highest BCUT2D eigenvalue weighted by atomic mass is 19.1. The lowest BCUT2D eigenvalue weighted by molar-refractivity contribution is 0.525. The number of hydrogen-bond donors (Lipinski definition) is 0. The summed E-state index contributed by atoms with van der Waals surface area (Å²) in [6.07, 6.45) is 1.58. The molecule has 1 radical (unpaired) electrons. The van der Waals surface area contributed by atoms with Gasteiger partial charge in [-0.15, -0.1) is 10.2 Å². The Morgan fingerprint density at radius 1 is 1.07 bits per heavy atom. The topological polar surface area (TPSA) is 42.9 Å². The van der Waals surface area contributed by atoms with Crippen molar-refractivity contribution in [3.8, 4) is 0 Å². The van der Waals surface area contributed by atoms with Crippen molar-refractivity contribution in [2.75, 3.05) is 0 Å². The molecular formula is C9H3F2N2O. The standard InChI is InChI=1S/C9H3F2N2O/c10-8-6-2-1-5(4-14)3-7(6)9(11)13-12-8/h1-3H. The monoisotopic (exact) mass is 193 g/mol. The lowest BCUT2D eigenvalue weighted by atomic mass is 10.1. The molecule has 5 heteroatoms. The van der Waals surface area contributed by atoms with E-state index >= 15 is 0 Å². The second-order valence-corrected chi connectivity index (χ2v) is 2.64. The Kier molecular flexibility index (Phi) is 1.92. The third-order valence-corrected chi connectivity index (χ3v) is 1.81. The summed E-state index contributed by atoms with van der Waals surface area (Å²) < 4.78 is 26.0. The van der Waals surface area contributed by atoms with Crippen molar-refractivity contribution in [3.63, 3.8) is 0 Å². The van der Waals surface area contributed by atoms with Crippen LogP contribution in [0, 0.1) is 11.9 Å². The number of nitrogens with zero attached hydrogens (tertiary/aromatic N) is 2. The van der Waals surface area contributed by atoms with Gasteiger partial charge in [0.2, 0.25) is 18.2 Å². The molecule has 0 fully saturated rings. The number of halogens is 2. The molecule has 1 heterocycles. The zero-order valence-corrected chi connectivity index (χ0v) is 6.79. The average Bonchev–Trinajstić information content (AvgIpc) is 2.23. The molecule has 0 atom stereocenters. The molecule has 0 N–H and O–H groups in total. The molecule has 1 aromatic heterocycles. The van der Waals surface area contributed by atoms with E-state index in [0.29, 0.717) is 0 Å². The Hall–Kier alpha value is -1.91. The highest BCUT2D eigenvalue weighted by Gasteiger charge is 2.08. The van der Waals surface area contributed by atoms with E-state index in [1.165, 1.54) is 18.2 Å². The Morgan fingerprint density at radius 3 is 2.36 bits per heavy atom. The van der Waals surface area contributed by atoms with E-state index in [2.05, 4.69) is 10.2 Å². The van der Waals surface area contributed by atoms with Gasteiger partial charge in [0.25, 0.3) is 0 Å². The van der Waals surface area contributed by atoms with Crippen LogP contribution in [0.5, 0.6) is 0 Å². The SMILES string of the molecule is O=[C]c1ccc2c(F)nnc(F)c2c1. The minimum atomic E-state index is -0.904.